The number of benzene rings is 1. The van der Waals surface area contributed by atoms with Crippen LogP contribution in [-0.2, 0) is 0 Å². The molecule has 2 aromatic rings. The van der Waals surface area contributed by atoms with Crippen LogP contribution in [0, 0.1) is 23.0 Å². The number of hydrogen-bond donors (Lipinski definition) is 1. The lowest BCUT2D eigenvalue weighted by Gasteiger charge is -2.22. The first-order valence-electron chi connectivity index (χ1n) is 6.53. The molecule has 0 fully saturated rings. The Labute approximate surface area is 121 Å². The molecule has 1 heterocycles. The Kier molecular flexibility index (Phi) is 4.96. The van der Waals surface area contributed by atoms with Crippen molar-refractivity contribution in [1.29, 1.82) is 5.26 Å². The number of hydrogen-bond acceptors (Lipinski definition) is 3. The quantitative estimate of drug-likeness (QED) is 0.919. The molecule has 0 aliphatic heterocycles. The van der Waals surface area contributed by atoms with E-state index in [1.54, 1.807) is 30.3 Å². The van der Waals surface area contributed by atoms with E-state index in [1.807, 2.05) is 0 Å². The standard InChI is InChI=1S/C16H14F2N2O/c17-14-9-20-10-15(18)16(14)12(6-7-21)13(8-19)11-4-2-1-3-5-11/h1-5,9-10,12-13,21H,6-7H2/t12-,13+/m1/s1. The third kappa shape index (κ3) is 3.23. The molecule has 5 heteroatoms. The highest BCUT2D eigenvalue weighted by molar-refractivity contribution is 5.33. The van der Waals surface area contributed by atoms with Crippen LogP contribution >= 0.6 is 0 Å². The maximum atomic E-state index is 13.9. The largest absolute Gasteiger partial charge is 0.396 e. The van der Waals surface area contributed by atoms with Crippen molar-refractivity contribution in [3.05, 3.63) is 65.5 Å². The summed E-state index contributed by atoms with van der Waals surface area (Å²) in [6.45, 7) is -0.267. The fraction of sp³-hybridized carbons (Fsp3) is 0.250. The molecular formula is C16H14F2N2O. The van der Waals surface area contributed by atoms with E-state index in [-0.39, 0.29) is 18.6 Å². The Morgan fingerprint density at radius 2 is 1.76 bits per heavy atom. The van der Waals surface area contributed by atoms with Gasteiger partial charge in [-0.25, -0.2) is 8.78 Å². The van der Waals surface area contributed by atoms with Crippen LogP contribution in [0.2, 0.25) is 0 Å². The van der Waals surface area contributed by atoms with Gasteiger partial charge < -0.3 is 5.11 Å². The molecule has 0 saturated heterocycles. The van der Waals surface area contributed by atoms with E-state index in [1.165, 1.54) is 0 Å². The average molecular weight is 288 g/mol. The predicted octanol–water partition coefficient (Wildman–Crippen LogP) is 3.13. The molecule has 0 unspecified atom stereocenters. The SMILES string of the molecule is N#C[C@@H](c1ccccc1)[C@@H](CCO)c1c(F)cncc1F. The van der Waals surface area contributed by atoms with Gasteiger partial charge in [0.25, 0.3) is 0 Å². The van der Waals surface area contributed by atoms with E-state index in [4.69, 9.17) is 0 Å². The normalized spacial score (nSPS) is 13.4. The van der Waals surface area contributed by atoms with Crippen LogP contribution in [0.4, 0.5) is 8.78 Å². The summed E-state index contributed by atoms with van der Waals surface area (Å²) >= 11 is 0. The van der Waals surface area contributed by atoms with Crippen molar-refractivity contribution >= 4 is 0 Å². The minimum Gasteiger partial charge on any atom is -0.396 e. The molecule has 2 atom stereocenters. The summed E-state index contributed by atoms with van der Waals surface area (Å²) in [5.41, 5.74) is 0.462. The van der Waals surface area contributed by atoms with Crippen molar-refractivity contribution in [2.45, 2.75) is 18.3 Å². The van der Waals surface area contributed by atoms with Crippen LogP contribution < -0.4 is 0 Å². The first kappa shape index (κ1) is 15.1. The fourth-order valence-corrected chi connectivity index (χ4v) is 2.45. The highest BCUT2D eigenvalue weighted by Crippen LogP contribution is 2.37. The Bertz CT molecular complexity index is 620. The summed E-state index contributed by atoms with van der Waals surface area (Å²) < 4.78 is 27.9. The van der Waals surface area contributed by atoms with Gasteiger partial charge in [-0.15, -0.1) is 0 Å². The van der Waals surface area contributed by atoms with Crippen LogP contribution in [-0.4, -0.2) is 16.7 Å². The lowest BCUT2D eigenvalue weighted by molar-refractivity contribution is 0.269. The van der Waals surface area contributed by atoms with Crippen molar-refractivity contribution in [3.8, 4) is 6.07 Å². The van der Waals surface area contributed by atoms with E-state index in [0.29, 0.717) is 5.56 Å². The predicted molar refractivity (Wildman–Crippen MR) is 73.4 cm³/mol. The van der Waals surface area contributed by atoms with E-state index in [0.717, 1.165) is 12.4 Å². The summed E-state index contributed by atoms with van der Waals surface area (Å²) in [6, 6.07) is 10.9. The topological polar surface area (TPSA) is 56.9 Å². The van der Waals surface area contributed by atoms with Gasteiger partial charge in [-0.2, -0.15) is 5.26 Å². The molecular weight excluding hydrogens is 274 g/mol. The van der Waals surface area contributed by atoms with Gasteiger partial charge in [0.2, 0.25) is 0 Å². The Morgan fingerprint density at radius 3 is 2.29 bits per heavy atom. The van der Waals surface area contributed by atoms with Crippen molar-refractivity contribution in [1.82, 2.24) is 4.98 Å². The van der Waals surface area contributed by atoms with E-state index in [2.05, 4.69) is 11.1 Å². The number of aromatic nitrogens is 1. The highest BCUT2D eigenvalue weighted by Gasteiger charge is 2.29. The molecule has 0 amide bonds. The molecule has 2 rings (SSSR count). The third-order valence-electron chi connectivity index (χ3n) is 3.40. The maximum Gasteiger partial charge on any atom is 0.147 e. The van der Waals surface area contributed by atoms with Crippen LogP contribution in [0.5, 0.6) is 0 Å². The first-order valence-corrected chi connectivity index (χ1v) is 6.53. The van der Waals surface area contributed by atoms with Gasteiger partial charge in [-0.3, -0.25) is 4.98 Å². The lowest BCUT2D eigenvalue weighted by Crippen LogP contribution is -2.15. The Balaban J connectivity index is 2.50. The zero-order valence-electron chi connectivity index (χ0n) is 11.2. The van der Waals surface area contributed by atoms with Gasteiger partial charge >= 0.3 is 0 Å². The molecule has 0 saturated carbocycles. The van der Waals surface area contributed by atoms with Crippen molar-refractivity contribution in [3.63, 3.8) is 0 Å². The monoisotopic (exact) mass is 288 g/mol. The summed E-state index contributed by atoms with van der Waals surface area (Å²) in [5, 5.41) is 18.6. The number of halogens is 2. The number of aliphatic hydroxyl groups is 1. The van der Waals surface area contributed by atoms with Gasteiger partial charge in [0.05, 0.1) is 24.4 Å². The van der Waals surface area contributed by atoms with Crippen molar-refractivity contribution < 1.29 is 13.9 Å². The second kappa shape index (κ2) is 6.91. The van der Waals surface area contributed by atoms with Gasteiger partial charge in [-0.1, -0.05) is 30.3 Å². The van der Waals surface area contributed by atoms with Gasteiger partial charge in [0.1, 0.15) is 11.6 Å². The molecule has 0 spiro atoms. The van der Waals surface area contributed by atoms with E-state index in [9.17, 15) is 19.1 Å². The number of nitrogens with zero attached hydrogens (tertiary/aromatic N) is 2. The minimum atomic E-state index is -0.801. The smallest absolute Gasteiger partial charge is 0.147 e. The third-order valence-corrected chi connectivity index (χ3v) is 3.40. The van der Waals surface area contributed by atoms with Gasteiger partial charge in [0.15, 0.2) is 0 Å². The summed E-state index contributed by atoms with van der Waals surface area (Å²) in [5.74, 6) is -3.12. The number of rotatable bonds is 5. The van der Waals surface area contributed by atoms with Crippen molar-refractivity contribution in [2.75, 3.05) is 6.61 Å². The maximum absolute atomic E-state index is 13.9. The van der Waals surface area contributed by atoms with Gasteiger partial charge in [-0.05, 0) is 12.0 Å². The Morgan fingerprint density at radius 1 is 1.14 bits per heavy atom. The van der Waals surface area contributed by atoms with Crippen LogP contribution in [0.1, 0.15) is 29.4 Å². The molecule has 108 valence electrons. The number of nitriles is 1. The summed E-state index contributed by atoms with van der Waals surface area (Å²) in [4.78, 5) is 3.45. The van der Waals surface area contributed by atoms with Crippen molar-refractivity contribution in [2.24, 2.45) is 0 Å². The second-order valence-corrected chi connectivity index (χ2v) is 4.65. The molecule has 0 radical (unpaired) electrons. The minimum absolute atomic E-state index is 0.0883. The Hall–Kier alpha value is -2.32. The fourth-order valence-electron chi connectivity index (χ4n) is 2.45. The second-order valence-electron chi connectivity index (χ2n) is 4.65. The molecule has 3 nitrogen and oxygen atoms in total. The molecule has 1 N–H and O–H groups in total. The van der Waals surface area contributed by atoms with Crippen LogP contribution in [0.3, 0.4) is 0 Å². The van der Waals surface area contributed by atoms with E-state index < -0.39 is 23.5 Å². The molecule has 1 aromatic carbocycles. The summed E-state index contributed by atoms with van der Waals surface area (Å²) in [7, 11) is 0. The first-order chi connectivity index (χ1) is 10.2. The van der Waals surface area contributed by atoms with Crippen LogP contribution in [0.25, 0.3) is 0 Å². The van der Waals surface area contributed by atoms with E-state index >= 15 is 0 Å². The number of aliphatic hydroxyl groups excluding tert-OH is 1. The average Bonchev–Trinajstić information content (AvgIpc) is 2.49. The van der Waals surface area contributed by atoms with Crippen LogP contribution in [0.15, 0.2) is 42.7 Å². The van der Waals surface area contributed by atoms with Gasteiger partial charge in [0, 0.05) is 18.1 Å². The summed E-state index contributed by atoms with van der Waals surface area (Å²) in [6.07, 6.45) is 1.93. The number of pyridine rings is 1. The molecule has 0 bridgehead atoms. The lowest BCUT2D eigenvalue weighted by atomic mass is 9.80. The molecule has 0 aliphatic rings. The zero-order valence-corrected chi connectivity index (χ0v) is 11.2. The highest BCUT2D eigenvalue weighted by atomic mass is 19.1. The molecule has 1 aromatic heterocycles. The zero-order chi connectivity index (χ0) is 15.2. The molecule has 0 aliphatic carbocycles. The molecule has 21 heavy (non-hydrogen) atoms.